The lowest BCUT2D eigenvalue weighted by Crippen LogP contribution is -2.26. The normalized spacial score (nSPS) is 13.2. The van der Waals surface area contributed by atoms with Gasteiger partial charge in [-0.05, 0) is 55.9 Å². The van der Waals surface area contributed by atoms with Gasteiger partial charge in [0.1, 0.15) is 11.6 Å². The molecule has 1 aromatic carbocycles. The van der Waals surface area contributed by atoms with Gasteiger partial charge in [-0.25, -0.2) is 9.50 Å². The zero-order valence-electron chi connectivity index (χ0n) is 17.7. The van der Waals surface area contributed by atoms with Crippen LogP contribution in [0.25, 0.3) is 5.65 Å². The first-order valence-electron chi connectivity index (χ1n) is 10.3. The summed E-state index contributed by atoms with van der Waals surface area (Å²) >= 11 is 0. The standard InChI is InChI=1S/C23H26N6O/c1-15-20(16(2)29-23(27-15)19(12-24)14-26-29)7-9-22(30)25-13-17-6-8-21-18(11-17)5-4-10-28(21)3/h6,8,11,14H,4-5,7,9-10,13H2,1-3H3,(H,25,30). The molecule has 0 unspecified atom stereocenters. The molecule has 0 saturated heterocycles. The van der Waals surface area contributed by atoms with Crippen molar-refractivity contribution in [1.29, 1.82) is 5.26 Å². The van der Waals surface area contributed by atoms with E-state index in [1.165, 1.54) is 23.9 Å². The summed E-state index contributed by atoms with van der Waals surface area (Å²) in [6.45, 7) is 5.50. The number of nitrogens with zero attached hydrogens (tertiary/aromatic N) is 5. The number of carbonyl (C=O) groups is 1. The van der Waals surface area contributed by atoms with E-state index in [1.807, 2.05) is 13.8 Å². The maximum Gasteiger partial charge on any atom is 0.220 e. The highest BCUT2D eigenvalue weighted by atomic mass is 16.1. The molecule has 0 spiro atoms. The third-order valence-electron chi connectivity index (χ3n) is 5.92. The molecule has 2 aromatic heterocycles. The van der Waals surface area contributed by atoms with Crippen LogP contribution in [0.3, 0.4) is 0 Å². The molecule has 1 amide bonds. The number of carbonyl (C=O) groups excluding carboxylic acids is 1. The first kappa shape index (κ1) is 19.9. The maximum absolute atomic E-state index is 12.5. The first-order valence-corrected chi connectivity index (χ1v) is 10.3. The lowest BCUT2D eigenvalue weighted by molar-refractivity contribution is -0.121. The summed E-state index contributed by atoms with van der Waals surface area (Å²) in [5.74, 6) is 0.0157. The molecule has 0 aliphatic carbocycles. The van der Waals surface area contributed by atoms with Crippen molar-refractivity contribution in [2.24, 2.45) is 0 Å². The van der Waals surface area contributed by atoms with Crippen LogP contribution in [0.15, 0.2) is 24.4 Å². The quantitative estimate of drug-likeness (QED) is 0.709. The fourth-order valence-electron chi connectivity index (χ4n) is 4.23. The largest absolute Gasteiger partial charge is 0.374 e. The van der Waals surface area contributed by atoms with Crippen molar-refractivity contribution in [3.05, 3.63) is 58.0 Å². The number of aromatic nitrogens is 3. The lowest BCUT2D eigenvalue weighted by Gasteiger charge is -2.27. The minimum atomic E-state index is 0.0157. The average Bonchev–Trinajstić information content (AvgIpc) is 3.15. The van der Waals surface area contributed by atoms with Crippen molar-refractivity contribution < 1.29 is 4.79 Å². The van der Waals surface area contributed by atoms with Gasteiger partial charge in [0.15, 0.2) is 5.65 Å². The molecule has 3 aromatic rings. The summed E-state index contributed by atoms with van der Waals surface area (Å²) < 4.78 is 1.68. The fourth-order valence-corrected chi connectivity index (χ4v) is 4.23. The Balaban J connectivity index is 1.39. The fraction of sp³-hybridized carbons (Fsp3) is 0.391. The second-order valence-electron chi connectivity index (χ2n) is 7.93. The van der Waals surface area contributed by atoms with Gasteiger partial charge in [0.2, 0.25) is 5.91 Å². The number of nitrogens with one attached hydrogen (secondary N) is 1. The predicted octanol–water partition coefficient (Wildman–Crippen LogP) is 2.85. The second-order valence-corrected chi connectivity index (χ2v) is 7.93. The summed E-state index contributed by atoms with van der Waals surface area (Å²) in [6.07, 6.45) is 4.76. The van der Waals surface area contributed by atoms with E-state index in [4.69, 9.17) is 0 Å². The molecule has 154 valence electrons. The third kappa shape index (κ3) is 3.73. The van der Waals surface area contributed by atoms with E-state index in [-0.39, 0.29) is 5.91 Å². The molecule has 7 heteroatoms. The van der Waals surface area contributed by atoms with Gasteiger partial charge in [0.25, 0.3) is 0 Å². The Hall–Kier alpha value is -3.40. The molecule has 30 heavy (non-hydrogen) atoms. The molecule has 1 aliphatic rings. The summed E-state index contributed by atoms with van der Waals surface area (Å²) in [7, 11) is 2.12. The molecule has 0 saturated carbocycles. The van der Waals surface area contributed by atoms with Gasteiger partial charge >= 0.3 is 0 Å². The minimum absolute atomic E-state index is 0.0157. The minimum Gasteiger partial charge on any atom is -0.374 e. The molecule has 7 nitrogen and oxygen atoms in total. The van der Waals surface area contributed by atoms with Crippen LogP contribution in [0.5, 0.6) is 0 Å². The van der Waals surface area contributed by atoms with Gasteiger partial charge in [-0.3, -0.25) is 4.79 Å². The topological polar surface area (TPSA) is 86.3 Å². The highest BCUT2D eigenvalue weighted by Crippen LogP contribution is 2.26. The number of aryl methyl sites for hydroxylation is 3. The molecule has 0 fully saturated rings. The van der Waals surface area contributed by atoms with Crippen molar-refractivity contribution in [3.8, 4) is 6.07 Å². The molecule has 0 radical (unpaired) electrons. The van der Waals surface area contributed by atoms with Crippen LogP contribution >= 0.6 is 0 Å². The maximum atomic E-state index is 12.5. The van der Waals surface area contributed by atoms with Gasteiger partial charge in [-0.15, -0.1) is 0 Å². The summed E-state index contributed by atoms with van der Waals surface area (Å²) in [4.78, 5) is 19.3. The molecule has 0 bridgehead atoms. The monoisotopic (exact) mass is 402 g/mol. The highest BCUT2D eigenvalue weighted by Gasteiger charge is 2.16. The number of nitriles is 1. The number of rotatable bonds is 5. The van der Waals surface area contributed by atoms with Crippen molar-refractivity contribution in [3.63, 3.8) is 0 Å². The van der Waals surface area contributed by atoms with Crippen LogP contribution in [0, 0.1) is 25.2 Å². The van der Waals surface area contributed by atoms with Crippen LogP contribution in [-0.4, -0.2) is 34.1 Å². The number of hydrogen-bond donors (Lipinski definition) is 1. The Morgan fingerprint density at radius 3 is 2.97 bits per heavy atom. The number of fused-ring (bicyclic) bond motifs is 2. The third-order valence-corrected chi connectivity index (χ3v) is 5.92. The number of benzene rings is 1. The van der Waals surface area contributed by atoms with Crippen LogP contribution < -0.4 is 10.2 Å². The molecular formula is C23H26N6O. The molecule has 1 N–H and O–H groups in total. The first-order chi connectivity index (χ1) is 14.5. The Bertz CT molecular complexity index is 1160. The van der Waals surface area contributed by atoms with E-state index < -0.39 is 0 Å². The van der Waals surface area contributed by atoms with E-state index in [0.29, 0.717) is 30.6 Å². The lowest BCUT2D eigenvalue weighted by atomic mass is 9.99. The number of amides is 1. The summed E-state index contributed by atoms with van der Waals surface area (Å²) in [5, 5.41) is 16.5. The van der Waals surface area contributed by atoms with Gasteiger partial charge < -0.3 is 10.2 Å². The Morgan fingerprint density at radius 1 is 1.33 bits per heavy atom. The summed E-state index contributed by atoms with van der Waals surface area (Å²) in [6, 6.07) is 8.58. The van der Waals surface area contributed by atoms with E-state index in [0.717, 1.165) is 35.5 Å². The Kier molecular flexibility index (Phi) is 5.40. The van der Waals surface area contributed by atoms with E-state index >= 15 is 0 Å². The second kappa shape index (κ2) is 8.15. The smallest absolute Gasteiger partial charge is 0.220 e. The van der Waals surface area contributed by atoms with Gasteiger partial charge in [0.05, 0.1) is 6.20 Å². The Morgan fingerprint density at radius 2 is 2.17 bits per heavy atom. The van der Waals surface area contributed by atoms with Crippen molar-refractivity contribution in [2.75, 3.05) is 18.5 Å². The van der Waals surface area contributed by atoms with Gasteiger partial charge in [-0.2, -0.15) is 10.4 Å². The molecular weight excluding hydrogens is 376 g/mol. The van der Waals surface area contributed by atoms with Crippen molar-refractivity contribution in [2.45, 2.75) is 46.1 Å². The Labute approximate surface area is 176 Å². The van der Waals surface area contributed by atoms with E-state index in [1.54, 1.807) is 4.52 Å². The SMILES string of the molecule is Cc1nc2c(C#N)cnn2c(C)c1CCC(=O)NCc1ccc2c(c1)CCCN2C. The van der Waals surface area contributed by atoms with Gasteiger partial charge in [0, 0.05) is 43.6 Å². The van der Waals surface area contributed by atoms with Gasteiger partial charge in [-0.1, -0.05) is 12.1 Å². The summed E-state index contributed by atoms with van der Waals surface area (Å²) in [5.41, 5.74) is 7.57. The predicted molar refractivity (Wildman–Crippen MR) is 115 cm³/mol. The molecule has 0 atom stereocenters. The van der Waals surface area contributed by atoms with Crippen LogP contribution in [0.4, 0.5) is 5.69 Å². The number of anilines is 1. The highest BCUT2D eigenvalue weighted by molar-refractivity contribution is 5.76. The average molecular weight is 403 g/mol. The van der Waals surface area contributed by atoms with Crippen molar-refractivity contribution in [1.82, 2.24) is 19.9 Å². The number of hydrogen-bond acceptors (Lipinski definition) is 5. The molecule has 1 aliphatic heterocycles. The zero-order chi connectivity index (χ0) is 21.3. The van der Waals surface area contributed by atoms with E-state index in [9.17, 15) is 10.1 Å². The molecule has 4 rings (SSSR count). The van der Waals surface area contributed by atoms with E-state index in [2.05, 4.69) is 51.6 Å². The van der Waals surface area contributed by atoms with Crippen LogP contribution in [0.2, 0.25) is 0 Å². The van der Waals surface area contributed by atoms with Crippen LogP contribution in [0.1, 0.15) is 46.5 Å². The molecule has 3 heterocycles. The van der Waals surface area contributed by atoms with Crippen molar-refractivity contribution >= 4 is 17.2 Å². The van der Waals surface area contributed by atoms with Crippen LogP contribution in [-0.2, 0) is 24.2 Å². The zero-order valence-corrected chi connectivity index (χ0v) is 17.7.